The fourth-order valence-electron chi connectivity index (χ4n) is 4.46. The zero-order valence-electron chi connectivity index (χ0n) is 22.1. The topological polar surface area (TPSA) is 96.4 Å². The zero-order chi connectivity index (χ0) is 26.6. The molecule has 0 bridgehead atoms. The average Bonchev–Trinajstić information content (AvgIpc) is 2.89. The Hall–Kier alpha value is -2.95. The fraction of sp³-hybridized carbons (Fsp3) is 0.556. The van der Waals surface area contributed by atoms with Crippen LogP contribution in [0.15, 0.2) is 24.3 Å². The number of morpholine rings is 2. The van der Waals surface area contributed by atoms with E-state index in [0.717, 1.165) is 11.1 Å². The first-order chi connectivity index (χ1) is 17.7. The number of hydrogen-bond donors (Lipinski definition) is 2. The monoisotopic (exact) mass is 516 g/mol. The highest BCUT2D eigenvalue weighted by Crippen LogP contribution is 2.34. The molecule has 1 aromatic heterocycles. The quantitative estimate of drug-likeness (QED) is 0.605. The predicted octanol–water partition coefficient (Wildman–Crippen LogP) is 3.68. The summed E-state index contributed by atoms with van der Waals surface area (Å²) < 4.78 is 32.0. The van der Waals surface area contributed by atoms with Crippen LogP contribution in [0.4, 0.5) is 20.7 Å². The lowest BCUT2D eigenvalue weighted by Gasteiger charge is -2.39. The Morgan fingerprint density at radius 3 is 2.65 bits per heavy atom. The third-order valence-corrected chi connectivity index (χ3v) is 6.65. The van der Waals surface area contributed by atoms with Crippen molar-refractivity contribution < 1.29 is 28.5 Å². The van der Waals surface area contributed by atoms with E-state index in [2.05, 4.69) is 36.0 Å². The maximum Gasteiger partial charge on any atom is 0.322 e. The number of nitrogens with one attached hydrogen (secondary N) is 1. The van der Waals surface area contributed by atoms with Crippen molar-refractivity contribution in [2.24, 2.45) is 5.41 Å². The van der Waals surface area contributed by atoms with Crippen molar-refractivity contribution in [1.29, 1.82) is 0 Å². The van der Waals surface area contributed by atoms with Gasteiger partial charge in [-0.2, -0.15) is 4.98 Å². The number of aliphatic hydroxyl groups is 1. The molecule has 37 heavy (non-hydrogen) atoms. The van der Waals surface area contributed by atoms with Gasteiger partial charge in [0.15, 0.2) is 0 Å². The van der Waals surface area contributed by atoms with E-state index < -0.39 is 5.82 Å². The molecular formula is C27H37FN4O5. The second kappa shape index (κ2) is 11.6. The molecule has 2 saturated heterocycles. The Balaban J connectivity index is 1.62. The molecule has 2 aromatic rings. The molecule has 3 heterocycles. The van der Waals surface area contributed by atoms with Crippen LogP contribution in [0.1, 0.15) is 26.3 Å². The van der Waals surface area contributed by atoms with Crippen LogP contribution in [0.2, 0.25) is 0 Å². The summed E-state index contributed by atoms with van der Waals surface area (Å²) in [5.74, 6) is 0.572. The van der Waals surface area contributed by atoms with Crippen LogP contribution in [0.3, 0.4) is 0 Å². The summed E-state index contributed by atoms with van der Waals surface area (Å²) in [7, 11) is 0. The zero-order valence-corrected chi connectivity index (χ0v) is 22.1. The van der Waals surface area contributed by atoms with Crippen molar-refractivity contribution >= 4 is 17.5 Å². The van der Waals surface area contributed by atoms with Gasteiger partial charge in [0.1, 0.15) is 18.2 Å². The number of carbonyl (C=O) groups is 1. The lowest BCUT2D eigenvalue weighted by molar-refractivity contribution is -0.0664. The third kappa shape index (κ3) is 6.68. The molecule has 2 amide bonds. The van der Waals surface area contributed by atoms with E-state index in [1.807, 2.05) is 13.0 Å². The molecule has 2 fully saturated rings. The van der Waals surface area contributed by atoms with Gasteiger partial charge in [0.2, 0.25) is 5.88 Å². The van der Waals surface area contributed by atoms with Crippen LogP contribution in [0.5, 0.6) is 5.88 Å². The normalized spacial score (nSPS) is 18.6. The Morgan fingerprint density at radius 1 is 1.19 bits per heavy atom. The number of carbonyl (C=O) groups excluding carboxylic acids is 1. The number of urea groups is 1. The summed E-state index contributed by atoms with van der Waals surface area (Å²) >= 11 is 0. The van der Waals surface area contributed by atoms with Gasteiger partial charge in [-0.1, -0.05) is 20.8 Å². The number of ether oxygens (including phenoxy) is 3. The summed E-state index contributed by atoms with van der Waals surface area (Å²) in [5, 5.41) is 12.0. The number of aliphatic hydroxyl groups excluding tert-OH is 1. The maximum absolute atomic E-state index is 15.0. The van der Waals surface area contributed by atoms with E-state index in [0.29, 0.717) is 63.3 Å². The van der Waals surface area contributed by atoms with Crippen LogP contribution in [0.25, 0.3) is 11.1 Å². The van der Waals surface area contributed by atoms with E-state index in [4.69, 9.17) is 14.2 Å². The summed E-state index contributed by atoms with van der Waals surface area (Å²) in [5.41, 5.74) is 2.22. The van der Waals surface area contributed by atoms with Crippen molar-refractivity contribution in [3.8, 4) is 17.0 Å². The number of nitrogens with zero attached hydrogens (tertiary/aromatic N) is 3. The van der Waals surface area contributed by atoms with E-state index in [9.17, 15) is 9.90 Å². The van der Waals surface area contributed by atoms with Crippen LogP contribution in [0, 0.1) is 18.2 Å². The van der Waals surface area contributed by atoms with Gasteiger partial charge < -0.3 is 34.4 Å². The Kier molecular flexibility index (Phi) is 8.51. The standard InChI is InChI=1S/C27H37FN4O5/c1-18-13-21(28)22(29-26(34)32-7-11-36-23(17-32)27(2,3)4)16-20(18)19-14-24(31-5-9-35-10-6-31)30-25(15-19)37-12-8-33/h13-16,23,33H,5-12,17H2,1-4H3,(H,29,34)/t23-/m0/s1. The summed E-state index contributed by atoms with van der Waals surface area (Å²) in [6.45, 7) is 11.9. The first kappa shape index (κ1) is 27.1. The van der Waals surface area contributed by atoms with Gasteiger partial charge in [-0.05, 0) is 47.2 Å². The Bertz CT molecular complexity index is 1100. The molecule has 0 saturated carbocycles. The van der Waals surface area contributed by atoms with Crippen molar-refractivity contribution in [3.63, 3.8) is 0 Å². The number of benzene rings is 1. The molecule has 4 rings (SSSR count). The van der Waals surface area contributed by atoms with Gasteiger partial charge in [0.25, 0.3) is 0 Å². The van der Waals surface area contributed by atoms with Crippen molar-refractivity contribution in [1.82, 2.24) is 9.88 Å². The largest absolute Gasteiger partial charge is 0.475 e. The van der Waals surface area contributed by atoms with E-state index in [1.54, 1.807) is 17.0 Å². The van der Waals surface area contributed by atoms with E-state index >= 15 is 4.39 Å². The first-order valence-electron chi connectivity index (χ1n) is 12.7. The molecule has 2 aliphatic rings. The molecule has 0 spiro atoms. The number of pyridine rings is 1. The minimum atomic E-state index is -0.505. The third-order valence-electron chi connectivity index (χ3n) is 6.65. The van der Waals surface area contributed by atoms with Crippen LogP contribution < -0.4 is 15.0 Å². The van der Waals surface area contributed by atoms with Crippen molar-refractivity contribution in [3.05, 3.63) is 35.6 Å². The molecular weight excluding hydrogens is 479 g/mol. The molecule has 0 radical (unpaired) electrons. The van der Waals surface area contributed by atoms with Gasteiger partial charge in [-0.3, -0.25) is 0 Å². The van der Waals surface area contributed by atoms with Crippen molar-refractivity contribution in [2.45, 2.75) is 33.8 Å². The summed E-state index contributed by atoms with van der Waals surface area (Å²) in [4.78, 5) is 21.4. The molecule has 1 aromatic carbocycles. The highest BCUT2D eigenvalue weighted by atomic mass is 19.1. The van der Waals surface area contributed by atoms with Gasteiger partial charge >= 0.3 is 6.03 Å². The minimum absolute atomic E-state index is 0.0989. The number of halogens is 1. The summed E-state index contributed by atoms with van der Waals surface area (Å²) in [6.07, 6.45) is -0.0989. The number of aryl methyl sites for hydroxylation is 1. The second-order valence-corrected chi connectivity index (χ2v) is 10.5. The predicted molar refractivity (Wildman–Crippen MR) is 140 cm³/mol. The molecule has 0 aliphatic carbocycles. The fourth-order valence-corrected chi connectivity index (χ4v) is 4.46. The number of anilines is 2. The first-order valence-corrected chi connectivity index (χ1v) is 12.7. The lowest BCUT2D eigenvalue weighted by atomic mass is 9.88. The molecule has 9 nitrogen and oxygen atoms in total. The molecule has 2 aliphatic heterocycles. The van der Waals surface area contributed by atoms with Gasteiger partial charge in [0.05, 0.1) is 38.2 Å². The maximum atomic E-state index is 15.0. The molecule has 0 unspecified atom stereocenters. The smallest absolute Gasteiger partial charge is 0.322 e. The number of hydrogen-bond acceptors (Lipinski definition) is 7. The molecule has 10 heteroatoms. The summed E-state index contributed by atoms with van der Waals surface area (Å²) in [6, 6.07) is 6.41. The molecule has 202 valence electrons. The number of rotatable bonds is 6. The van der Waals surface area contributed by atoms with Crippen molar-refractivity contribution in [2.75, 3.05) is 69.4 Å². The van der Waals surface area contributed by atoms with Crippen LogP contribution in [-0.2, 0) is 9.47 Å². The van der Waals surface area contributed by atoms with Gasteiger partial charge in [-0.15, -0.1) is 0 Å². The van der Waals surface area contributed by atoms with E-state index in [1.165, 1.54) is 6.07 Å². The second-order valence-electron chi connectivity index (χ2n) is 10.5. The SMILES string of the molecule is Cc1cc(F)c(NC(=O)N2CCO[C@H](C(C)(C)C)C2)cc1-c1cc(OCCO)nc(N2CCOCC2)c1. The van der Waals surface area contributed by atoms with Crippen LogP contribution in [-0.4, -0.2) is 86.3 Å². The van der Waals surface area contributed by atoms with Crippen LogP contribution >= 0.6 is 0 Å². The number of amides is 2. The Labute approximate surface area is 217 Å². The highest BCUT2D eigenvalue weighted by Gasteiger charge is 2.32. The number of aromatic nitrogens is 1. The Morgan fingerprint density at radius 2 is 1.95 bits per heavy atom. The molecule has 2 N–H and O–H groups in total. The average molecular weight is 517 g/mol. The van der Waals surface area contributed by atoms with E-state index in [-0.39, 0.29) is 36.5 Å². The van der Waals surface area contributed by atoms with Gasteiger partial charge in [-0.25, -0.2) is 9.18 Å². The minimum Gasteiger partial charge on any atom is -0.475 e. The highest BCUT2D eigenvalue weighted by molar-refractivity contribution is 5.91. The molecule has 1 atom stereocenters. The van der Waals surface area contributed by atoms with Gasteiger partial charge in [0, 0.05) is 32.2 Å². The lowest BCUT2D eigenvalue weighted by Crippen LogP contribution is -2.51.